The van der Waals surface area contributed by atoms with Crippen LogP contribution in [0.25, 0.3) is 11.3 Å². The van der Waals surface area contributed by atoms with Crippen molar-refractivity contribution in [1.29, 1.82) is 0 Å². The molecule has 0 atom stereocenters. The molecule has 2 aromatic rings. The Morgan fingerprint density at radius 1 is 0.935 bits per heavy atom. The molecule has 6 heteroatoms. The summed E-state index contributed by atoms with van der Waals surface area (Å²) in [6.07, 6.45) is 6.00. The predicted molar refractivity (Wildman–Crippen MR) is 135 cm³/mol. The molecule has 0 nitrogen and oxygen atoms in total. The molecule has 2 aliphatic rings. The fraction of sp³-hybridized carbons (Fsp3) is 0.320. The molecule has 0 N–H and O–H groups in total. The van der Waals surface area contributed by atoms with Crippen LogP contribution >= 0.6 is 0 Å². The van der Waals surface area contributed by atoms with E-state index in [0.717, 1.165) is 0 Å². The van der Waals surface area contributed by atoms with Gasteiger partial charge < -0.3 is 24.8 Å². The average molecular weight is 579 g/mol. The molecular weight excluding hydrogens is 547 g/mol. The van der Waals surface area contributed by atoms with Crippen LogP contribution in [0.15, 0.2) is 48.5 Å². The summed E-state index contributed by atoms with van der Waals surface area (Å²) in [7, 11) is 2.60. The fourth-order valence-electron chi connectivity index (χ4n) is 4.72. The molecule has 0 aliphatic heterocycles. The first kappa shape index (κ1) is 30.9. The van der Waals surface area contributed by atoms with E-state index >= 15 is 0 Å². The van der Waals surface area contributed by atoms with E-state index in [0.29, 0.717) is 0 Å². The van der Waals surface area contributed by atoms with Gasteiger partial charge in [0.1, 0.15) is 0 Å². The first-order valence-corrected chi connectivity index (χ1v) is 14.6. The number of fused-ring (bicyclic) bond motifs is 2. The van der Waals surface area contributed by atoms with Crippen LogP contribution in [0.4, 0.5) is 0 Å². The van der Waals surface area contributed by atoms with Crippen molar-refractivity contribution >= 4 is 49.5 Å². The summed E-state index contributed by atoms with van der Waals surface area (Å²) in [5.74, 6) is 0. The van der Waals surface area contributed by atoms with Crippen LogP contribution in [0.5, 0.6) is 0 Å². The number of rotatable bonds is 2. The average Bonchev–Trinajstić information content (AvgIpc) is 3.04. The van der Waals surface area contributed by atoms with Crippen molar-refractivity contribution in [2.75, 3.05) is 0 Å². The van der Waals surface area contributed by atoms with E-state index in [1.165, 1.54) is 26.7 Å². The van der Waals surface area contributed by atoms with E-state index in [2.05, 4.69) is 107 Å². The first-order valence-electron chi connectivity index (χ1n) is 10.0. The molecule has 0 heterocycles. The first-order chi connectivity index (χ1) is 13.0. The fourth-order valence-corrected chi connectivity index (χ4v) is 8.94. The summed E-state index contributed by atoms with van der Waals surface area (Å²) in [6.45, 7) is 14.0. The Balaban J connectivity index is 0.000000545. The van der Waals surface area contributed by atoms with Crippen molar-refractivity contribution in [3.63, 3.8) is 0 Å². The summed E-state index contributed by atoms with van der Waals surface area (Å²) >= 11 is 0. The third-order valence-electron chi connectivity index (χ3n) is 5.93. The molecular formula is C25H32Cl2Si3Zr. The minimum Gasteiger partial charge on any atom is -1.00 e. The van der Waals surface area contributed by atoms with E-state index in [1.54, 1.807) is 5.20 Å². The summed E-state index contributed by atoms with van der Waals surface area (Å²) < 4.78 is 0. The number of hydrogen-bond donors (Lipinski definition) is 0. The molecule has 0 spiro atoms. The van der Waals surface area contributed by atoms with Gasteiger partial charge in [-0.1, -0.05) is 85.7 Å². The minimum atomic E-state index is -1.39. The third-order valence-corrected chi connectivity index (χ3v) is 12.8. The Morgan fingerprint density at radius 3 is 2.06 bits per heavy atom. The monoisotopic (exact) mass is 576 g/mol. The Morgan fingerprint density at radius 2 is 1.48 bits per heavy atom. The van der Waals surface area contributed by atoms with Gasteiger partial charge in [-0.2, -0.15) is 22.9 Å². The number of halogens is 2. The molecule has 4 rings (SSSR count). The van der Waals surface area contributed by atoms with Crippen LogP contribution in [-0.4, -0.2) is 38.2 Å². The van der Waals surface area contributed by atoms with Gasteiger partial charge in [0.05, 0.1) is 8.07 Å². The van der Waals surface area contributed by atoms with Crippen molar-refractivity contribution in [2.45, 2.75) is 46.2 Å². The van der Waals surface area contributed by atoms with Crippen LogP contribution in [-0.2, 0) is 31.6 Å². The molecule has 0 fully saturated rings. The van der Waals surface area contributed by atoms with Crippen LogP contribution in [0.1, 0.15) is 38.8 Å². The van der Waals surface area contributed by atoms with Gasteiger partial charge in [-0.15, -0.1) is 39.5 Å². The van der Waals surface area contributed by atoms with Crippen LogP contribution < -0.4 is 35.3 Å². The maximum absolute atomic E-state index is 3.65. The second kappa shape index (κ2) is 11.4. The van der Waals surface area contributed by atoms with E-state index in [9.17, 15) is 0 Å². The molecule has 31 heavy (non-hydrogen) atoms. The maximum Gasteiger partial charge on any atom is 4.00 e. The molecule has 0 radical (unpaired) electrons. The summed E-state index contributed by atoms with van der Waals surface area (Å²) in [4.78, 5) is 0. The topological polar surface area (TPSA) is 0 Å². The van der Waals surface area contributed by atoms with Gasteiger partial charge in [0.15, 0.2) is 0 Å². The quantitative estimate of drug-likeness (QED) is 0.253. The van der Waals surface area contributed by atoms with Crippen LogP contribution in [0.3, 0.4) is 0 Å². The Bertz CT molecular complexity index is 1070. The van der Waals surface area contributed by atoms with Crippen molar-refractivity contribution in [3.8, 4) is 0 Å². The maximum atomic E-state index is 3.65. The Hall–Kier alpha value is -0.0962. The molecule has 0 bridgehead atoms. The molecule has 0 aromatic heterocycles. The SMILES string of the molecule is CC1(C)[C-]=c2ccccc2=C1[Si](C)(C)C=[SiH2].CC1(C)[CH-]C(=[SiH2])c2ccccc21.[Cl-].[Cl-].[Zr+4]. The normalized spacial score (nSPS) is 16.5. The molecule has 0 saturated heterocycles. The Kier molecular flexibility index (Phi) is 11.3. The van der Waals surface area contributed by atoms with E-state index in [4.69, 9.17) is 0 Å². The van der Waals surface area contributed by atoms with Gasteiger partial charge in [-0.05, 0) is 9.85 Å². The van der Waals surface area contributed by atoms with Crippen LogP contribution in [0, 0.1) is 11.8 Å². The molecule has 0 unspecified atom stereocenters. The summed E-state index contributed by atoms with van der Waals surface area (Å²) in [5, 5.41) is 8.26. The Labute approximate surface area is 227 Å². The van der Waals surface area contributed by atoms with Gasteiger partial charge in [0.2, 0.25) is 0 Å². The zero-order chi connectivity index (χ0) is 20.7. The van der Waals surface area contributed by atoms with Crippen molar-refractivity contribution in [2.24, 2.45) is 5.41 Å². The molecule has 2 aromatic carbocycles. The second-order valence-electron chi connectivity index (χ2n) is 9.53. The van der Waals surface area contributed by atoms with Gasteiger partial charge in [-0.25, -0.2) is 11.6 Å². The standard InChI is InChI=1S/C14H19Si2.C11H13Si.2ClH.Zr/c1-14(2)9-11-7-5-6-8-12(11)13(14)16(3,4)10-15;1-11(2)7-10(12)8-5-3-4-6-9(8)11;;;/h5-8,10H,15H2,1-4H3;3-7H,12H2,1-2H3;2*1H;/q2*-1;;;+4/p-2. The van der Waals surface area contributed by atoms with E-state index in [1.807, 2.05) is 19.7 Å². The smallest absolute Gasteiger partial charge is 1.00 e. The summed E-state index contributed by atoms with van der Waals surface area (Å²) in [5.41, 5.74) is 3.25. The third kappa shape index (κ3) is 6.28. The molecule has 2 aliphatic carbocycles. The van der Waals surface area contributed by atoms with Crippen LogP contribution in [0.2, 0.25) is 13.1 Å². The van der Waals surface area contributed by atoms with Crippen molar-refractivity contribution < 1.29 is 51.0 Å². The van der Waals surface area contributed by atoms with E-state index in [-0.39, 0.29) is 61.8 Å². The molecule has 162 valence electrons. The van der Waals surface area contributed by atoms with E-state index < -0.39 is 8.07 Å². The zero-order valence-electron chi connectivity index (χ0n) is 19.4. The number of benzene rings is 2. The second-order valence-corrected chi connectivity index (χ2v) is 15.9. The predicted octanol–water partition coefficient (Wildman–Crippen LogP) is -3.90. The molecule has 0 saturated carbocycles. The van der Waals surface area contributed by atoms with Gasteiger partial charge in [-0.3, -0.25) is 0 Å². The minimum absolute atomic E-state index is 0. The molecule has 0 amide bonds. The number of hydrogen-bond acceptors (Lipinski definition) is 0. The largest absolute Gasteiger partial charge is 4.00 e. The summed E-state index contributed by atoms with van der Waals surface area (Å²) in [6, 6.07) is 17.4. The van der Waals surface area contributed by atoms with Gasteiger partial charge in [0, 0.05) is 0 Å². The van der Waals surface area contributed by atoms with Crippen molar-refractivity contribution in [3.05, 3.63) is 76.5 Å². The van der Waals surface area contributed by atoms with Gasteiger partial charge >= 0.3 is 26.2 Å². The van der Waals surface area contributed by atoms with Crippen molar-refractivity contribution in [1.82, 2.24) is 0 Å². The zero-order valence-corrected chi connectivity index (χ0v) is 27.2. The van der Waals surface area contributed by atoms with Gasteiger partial charge in [0.25, 0.3) is 0 Å².